The van der Waals surface area contributed by atoms with Gasteiger partial charge in [0.1, 0.15) is 5.69 Å². The summed E-state index contributed by atoms with van der Waals surface area (Å²) in [5.41, 5.74) is 1.56. The summed E-state index contributed by atoms with van der Waals surface area (Å²) in [5.74, 6) is 0.546. The van der Waals surface area contributed by atoms with Gasteiger partial charge in [-0.2, -0.15) is 5.10 Å². The SMILES string of the molecule is COc1cnn(C)c1C(=O)CCc1cccnc1. The molecule has 0 N–H and O–H groups in total. The fourth-order valence-electron chi connectivity index (χ4n) is 1.81. The van der Waals surface area contributed by atoms with Crippen molar-refractivity contribution in [1.82, 2.24) is 14.8 Å². The van der Waals surface area contributed by atoms with Crippen molar-refractivity contribution in [2.45, 2.75) is 12.8 Å². The molecule has 0 saturated heterocycles. The average Bonchev–Trinajstić information content (AvgIpc) is 2.78. The largest absolute Gasteiger partial charge is 0.493 e. The van der Waals surface area contributed by atoms with Gasteiger partial charge in [0, 0.05) is 25.9 Å². The number of carbonyl (C=O) groups excluding carboxylic acids is 1. The topological polar surface area (TPSA) is 57.0 Å². The highest BCUT2D eigenvalue weighted by atomic mass is 16.5. The van der Waals surface area contributed by atoms with Gasteiger partial charge in [-0.3, -0.25) is 14.5 Å². The molecule has 2 aromatic heterocycles. The van der Waals surface area contributed by atoms with E-state index in [4.69, 9.17) is 4.74 Å². The lowest BCUT2D eigenvalue weighted by atomic mass is 10.1. The van der Waals surface area contributed by atoms with Gasteiger partial charge in [-0.15, -0.1) is 0 Å². The Bertz CT molecular complexity index is 534. The van der Waals surface area contributed by atoms with Gasteiger partial charge in [0.15, 0.2) is 11.5 Å². The molecule has 94 valence electrons. The van der Waals surface area contributed by atoms with Crippen LogP contribution in [0, 0.1) is 0 Å². The third-order valence-corrected chi connectivity index (χ3v) is 2.75. The lowest BCUT2D eigenvalue weighted by Gasteiger charge is -2.04. The van der Waals surface area contributed by atoms with Crippen LogP contribution in [0.5, 0.6) is 5.75 Å². The predicted molar refractivity (Wildman–Crippen MR) is 66.6 cm³/mol. The van der Waals surface area contributed by atoms with Gasteiger partial charge in [0.05, 0.1) is 13.3 Å². The normalized spacial score (nSPS) is 10.3. The quantitative estimate of drug-likeness (QED) is 0.751. The van der Waals surface area contributed by atoms with Gasteiger partial charge in [0.25, 0.3) is 0 Å². The van der Waals surface area contributed by atoms with Crippen LogP contribution in [-0.4, -0.2) is 27.7 Å². The van der Waals surface area contributed by atoms with E-state index in [0.717, 1.165) is 5.56 Å². The molecular formula is C13H15N3O2. The number of hydrogen-bond acceptors (Lipinski definition) is 4. The van der Waals surface area contributed by atoms with Crippen molar-refractivity contribution in [3.8, 4) is 5.75 Å². The van der Waals surface area contributed by atoms with E-state index >= 15 is 0 Å². The second kappa shape index (κ2) is 5.44. The van der Waals surface area contributed by atoms with E-state index in [1.165, 1.54) is 7.11 Å². The van der Waals surface area contributed by atoms with Crippen LogP contribution in [0.4, 0.5) is 0 Å². The number of rotatable bonds is 5. The predicted octanol–water partition coefficient (Wildman–Crippen LogP) is 1.64. The Morgan fingerprint density at radius 2 is 2.28 bits per heavy atom. The highest BCUT2D eigenvalue weighted by Crippen LogP contribution is 2.19. The zero-order valence-corrected chi connectivity index (χ0v) is 10.5. The first-order valence-corrected chi connectivity index (χ1v) is 5.70. The summed E-state index contributed by atoms with van der Waals surface area (Å²) in [5, 5.41) is 4.02. The molecule has 2 heterocycles. The number of methoxy groups -OCH3 is 1. The Balaban J connectivity index is 2.06. The van der Waals surface area contributed by atoms with Gasteiger partial charge in [-0.05, 0) is 18.1 Å². The zero-order valence-electron chi connectivity index (χ0n) is 10.5. The number of ether oxygens (including phenoxy) is 1. The number of ketones is 1. The van der Waals surface area contributed by atoms with E-state index in [1.54, 1.807) is 30.3 Å². The van der Waals surface area contributed by atoms with E-state index in [1.807, 2.05) is 12.1 Å². The number of carbonyl (C=O) groups is 1. The third-order valence-electron chi connectivity index (χ3n) is 2.75. The van der Waals surface area contributed by atoms with Crippen molar-refractivity contribution in [2.75, 3.05) is 7.11 Å². The summed E-state index contributed by atoms with van der Waals surface area (Å²) in [6.45, 7) is 0. The summed E-state index contributed by atoms with van der Waals surface area (Å²) in [6.07, 6.45) is 6.13. The Kier molecular flexibility index (Phi) is 3.72. The van der Waals surface area contributed by atoms with Gasteiger partial charge in [0.2, 0.25) is 0 Å². The molecule has 0 bridgehead atoms. The molecule has 0 radical (unpaired) electrons. The number of aryl methyl sites for hydroxylation is 2. The third kappa shape index (κ3) is 2.56. The summed E-state index contributed by atoms with van der Waals surface area (Å²) in [7, 11) is 3.27. The second-order valence-electron chi connectivity index (χ2n) is 3.97. The maximum Gasteiger partial charge on any atom is 0.184 e. The lowest BCUT2D eigenvalue weighted by Crippen LogP contribution is -2.09. The van der Waals surface area contributed by atoms with Crippen molar-refractivity contribution in [2.24, 2.45) is 7.05 Å². The monoisotopic (exact) mass is 245 g/mol. The van der Waals surface area contributed by atoms with Crippen LogP contribution in [0.25, 0.3) is 0 Å². The molecule has 0 aromatic carbocycles. The molecule has 2 rings (SSSR count). The summed E-state index contributed by atoms with van der Waals surface area (Å²) < 4.78 is 6.67. The Morgan fingerprint density at radius 1 is 1.44 bits per heavy atom. The number of nitrogens with zero attached hydrogens (tertiary/aromatic N) is 3. The van der Waals surface area contributed by atoms with Crippen molar-refractivity contribution >= 4 is 5.78 Å². The maximum absolute atomic E-state index is 12.1. The van der Waals surface area contributed by atoms with Gasteiger partial charge < -0.3 is 4.74 Å². The molecule has 0 aliphatic carbocycles. The fourth-order valence-corrected chi connectivity index (χ4v) is 1.81. The molecule has 0 atom stereocenters. The molecule has 2 aromatic rings. The number of Topliss-reactive ketones (excluding diaryl/α,β-unsaturated/α-hetero) is 1. The van der Waals surface area contributed by atoms with Crippen LogP contribution in [-0.2, 0) is 13.5 Å². The molecule has 18 heavy (non-hydrogen) atoms. The fraction of sp³-hybridized carbons (Fsp3) is 0.308. The summed E-state index contributed by atoms with van der Waals surface area (Å²) >= 11 is 0. The Hall–Kier alpha value is -2.17. The molecule has 0 spiro atoms. The molecular weight excluding hydrogens is 230 g/mol. The maximum atomic E-state index is 12.1. The van der Waals surface area contributed by atoms with Crippen LogP contribution in [0.1, 0.15) is 22.5 Å². The van der Waals surface area contributed by atoms with Gasteiger partial charge in [-0.1, -0.05) is 6.07 Å². The van der Waals surface area contributed by atoms with Gasteiger partial charge >= 0.3 is 0 Å². The molecule has 5 nitrogen and oxygen atoms in total. The standard InChI is InChI=1S/C13H15N3O2/c1-16-13(12(18-2)9-15-16)11(17)6-5-10-4-3-7-14-8-10/h3-4,7-9H,5-6H2,1-2H3. The van der Waals surface area contributed by atoms with Crippen molar-refractivity contribution in [3.05, 3.63) is 42.0 Å². The Labute approximate surface area is 105 Å². The van der Waals surface area contributed by atoms with Crippen molar-refractivity contribution in [1.29, 1.82) is 0 Å². The first-order chi connectivity index (χ1) is 8.72. The second-order valence-corrected chi connectivity index (χ2v) is 3.97. The summed E-state index contributed by atoms with van der Waals surface area (Å²) in [4.78, 5) is 16.1. The number of hydrogen-bond donors (Lipinski definition) is 0. The molecule has 0 fully saturated rings. The van der Waals surface area contributed by atoms with E-state index in [2.05, 4.69) is 10.1 Å². The van der Waals surface area contributed by atoms with E-state index < -0.39 is 0 Å². The smallest absolute Gasteiger partial charge is 0.184 e. The van der Waals surface area contributed by atoms with Crippen molar-refractivity contribution in [3.63, 3.8) is 0 Å². The highest BCUT2D eigenvalue weighted by molar-refractivity contribution is 5.97. The molecule has 5 heteroatoms. The number of aromatic nitrogens is 3. The minimum atomic E-state index is 0.0238. The molecule has 0 aliphatic heterocycles. The number of pyridine rings is 1. The summed E-state index contributed by atoms with van der Waals surface area (Å²) in [6, 6.07) is 3.82. The van der Waals surface area contributed by atoms with Crippen LogP contribution in [0.2, 0.25) is 0 Å². The average molecular weight is 245 g/mol. The molecule has 0 saturated carbocycles. The molecule has 0 aliphatic rings. The first kappa shape index (κ1) is 12.3. The van der Waals surface area contributed by atoms with Gasteiger partial charge in [-0.25, -0.2) is 0 Å². The van der Waals surface area contributed by atoms with Crippen LogP contribution in [0.15, 0.2) is 30.7 Å². The minimum Gasteiger partial charge on any atom is -0.493 e. The Morgan fingerprint density at radius 3 is 2.94 bits per heavy atom. The van der Waals surface area contributed by atoms with Crippen LogP contribution in [0.3, 0.4) is 0 Å². The van der Waals surface area contributed by atoms with Crippen LogP contribution < -0.4 is 4.74 Å². The van der Waals surface area contributed by atoms with Crippen LogP contribution >= 0.6 is 0 Å². The van der Waals surface area contributed by atoms with E-state index in [0.29, 0.717) is 24.3 Å². The first-order valence-electron chi connectivity index (χ1n) is 5.70. The minimum absolute atomic E-state index is 0.0238. The molecule has 0 unspecified atom stereocenters. The highest BCUT2D eigenvalue weighted by Gasteiger charge is 2.17. The van der Waals surface area contributed by atoms with E-state index in [-0.39, 0.29) is 5.78 Å². The molecule has 0 amide bonds. The van der Waals surface area contributed by atoms with Crippen molar-refractivity contribution < 1.29 is 9.53 Å². The van der Waals surface area contributed by atoms with E-state index in [9.17, 15) is 4.79 Å². The zero-order chi connectivity index (χ0) is 13.0. The lowest BCUT2D eigenvalue weighted by molar-refractivity contribution is 0.0970.